The lowest BCUT2D eigenvalue weighted by molar-refractivity contribution is 0.440. The topological polar surface area (TPSA) is 3.24 Å². The normalized spacial score (nSPS) is 19.4. The highest BCUT2D eigenvalue weighted by Crippen LogP contribution is 2.57. The molecule has 1 fully saturated rings. The van der Waals surface area contributed by atoms with Gasteiger partial charge in [-0.3, -0.25) is 0 Å². The number of para-hydroxylation sites is 1. The van der Waals surface area contributed by atoms with Crippen LogP contribution in [0.25, 0.3) is 9.40 Å². The van der Waals surface area contributed by atoms with E-state index in [1.807, 2.05) is 22.7 Å². The van der Waals surface area contributed by atoms with Crippen LogP contribution in [-0.2, 0) is 12.1 Å². The Hall–Kier alpha value is -1.32. The van der Waals surface area contributed by atoms with Crippen molar-refractivity contribution in [2.45, 2.75) is 44.7 Å². The van der Waals surface area contributed by atoms with E-state index in [0.717, 1.165) is 6.54 Å². The number of rotatable bonds is 1. The molecule has 0 atom stereocenters. The molecule has 0 radical (unpaired) electrons. The number of benzene rings is 1. The molecule has 112 valence electrons. The molecule has 0 unspecified atom stereocenters. The van der Waals surface area contributed by atoms with Crippen LogP contribution in [-0.4, -0.2) is 0 Å². The van der Waals surface area contributed by atoms with Crippen molar-refractivity contribution in [1.29, 1.82) is 0 Å². The first kappa shape index (κ1) is 13.1. The van der Waals surface area contributed by atoms with Crippen molar-refractivity contribution < 1.29 is 0 Å². The highest BCUT2D eigenvalue weighted by Gasteiger charge is 2.49. The summed E-state index contributed by atoms with van der Waals surface area (Å²) in [5.41, 5.74) is 4.79. The number of anilines is 1. The third-order valence-corrected chi connectivity index (χ3v) is 7.74. The Labute approximate surface area is 139 Å². The van der Waals surface area contributed by atoms with Crippen molar-refractivity contribution in [3.05, 3.63) is 51.7 Å². The Bertz CT molecular complexity index is 851. The van der Waals surface area contributed by atoms with Gasteiger partial charge in [-0.25, -0.2) is 0 Å². The van der Waals surface area contributed by atoms with E-state index in [2.05, 4.69) is 47.5 Å². The van der Waals surface area contributed by atoms with Gasteiger partial charge in [0, 0.05) is 21.5 Å². The molecule has 1 spiro atoms. The van der Waals surface area contributed by atoms with Crippen LogP contribution in [0, 0.1) is 6.92 Å². The number of hydrogen-bond donors (Lipinski definition) is 0. The molecule has 1 aliphatic heterocycles. The van der Waals surface area contributed by atoms with Gasteiger partial charge < -0.3 is 4.90 Å². The summed E-state index contributed by atoms with van der Waals surface area (Å²) in [6, 6.07) is 11.3. The fraction of sp³-hybridized carbons (Fsp3) is 0.368. The van der Waals surface area contributed by atoms with Crippen LogP contribution in [0.3, 0.4) is 0 Å². The molecule has 1 nitrogen and oxygen atoms in total. The Kier molecular flexibility index (Phi) is 2.74. The highest BCUT2D eigenvalue weighted by molar-refractivity contribution is 7.37. The zero-order valence-electron chi connectivity index (χ0n) is 12.8. The van der Waals surface area contributed by atoms with Crippen molar-refractivity contribution in [2.24, 2.45) is 0 Å². The van der Waals surface area contributed by atoms with E-state index in [4.69, 9.17) is 0 Å². The van der Waals surface area contributed by atoms with Gasteiger partial charge in [-0.15, -0.1) is 22.7 Å². The molecule has 0 bridgehead atoms. The number of thiophene rings is 2. The molecular formula is C19H19NS2. The first-order valence-corrected chi connectivity index (χ1v) is 9.82. The van der Waals surface area contributed by atoms with Gasteiger partial charge in [-0.2, -0.15) is 0 Å². The van der Waals surface area contributed by atoms with Gasteiger partial charge >= 0.3 is 0 Å². The molecule has 2 aromatic heterocycles. The molecule has 0 N–H and O–H groups in total. The average molecular weight is 326 g/mol. The maximum Gasteiger partial charge on any atom is 0.0872 e. The lowest BCUT2D eigenvalue weighted by Gasteiger charge is -2.38. The van der Waals surface area contributed by atoms with Crippen LogP contribution in [0.2, 0.25) is 0 Å². The molecule has 2 aliphatic rings. The summed E-state index contributed by atoms with van der Waals surface area (Å²) in [5.74, 6) is 0. The van der Waals surface area contributed by atoms with Crippen LogP contribution >= 0.6 is 22.7 Å². The van der Waals surface area contributed by atoms with Gasteiger partial charge in [-0.1, -0.05) is 31.0 Å². The second kappa shape index (κ2) is 4.59. The zero-order valence-corrected chi connectivity index (χ0v) is 14.4. The number of hydrogen-bond acceptors (Lipinski definition) is 3. The second-order valence-electron chi connectivity index (χ2n) is 6.63. The van der Waals surface area contributed by atoms with E-state index in [9.17, 15) is 0 Å². The van der Waals surface area contributed by atoms with Crippen LogP contribution in [0.4, 0.5) is 5.69 Å². The third kappa shape index (κ3) is 1.59. The van der Waals surface area contributed by atoms with Gasteiger partial charge in [0.1, 0.15) is 0 Å². The molecule has 3 aromatic rings. The lowest BCUT2D eigenvalue weighted by atomic mass is 9.88. The van der Waals surface area contributed by atoms with Gasteiger partial charge in [-0.05, 0) is 42.8 Å². The summed E-state index contributed by atoms with van der Waals surface area (Å²) >= 11 is 3.95. The van der Waals surface area contributed by atoms with Gasteiger partial charge in [0.25, 0.3) is 0 Å². The lowest BCUT2D eigenvalue weighted by Crippen LogP contribution is -2.39. The van der Waals surface area contributed by atoms with Crippen LogP contribution < -0.4 is 4.90 Å². The van der Waals surface area contributed by atoms with Crippen molar-refractivity contribution >= 4 is 37.8 Å². The molecule has 1 aliphatic carbocycles. The van der Waals surface area contributed by atoms with E-state index in [1.54, 1.807) is 15.8 Å². The SMILES string of the molecule is Cc1ccccc1N1Cc2sc3sccc3c2C12CCCC2. The van der Waals surface area contributed by atoms with E-state index < -0.39 is 0 Å². The van der Waals surface area contributed by atoms with E-state index in [0.29, 0.717) is 0 Å². The molecule has 0 amide bonds. The molecule has 1 aromatic carbocycles. The molecule has 3 heterocycles. The van der Waals surface area contributed by atoms with Gasteiger partial charge in [0.2, 0.25) is 0 Å². The largest absolute Gasteiger partial charge is 0.356 e. The van der Waals surface area contributed by atoms with E-state index in [1.165, 1.54) is 40.9 Å². The minimum absolute atomic E-state index is 0.265. The fourth-order valence-corrected chi connectivity index (χ4v) is 6.97. The molecular weight excluding hydrogens is 306 g/mol. The predicted molar refractivity (Wildman–Crippen MR) is 97.2 cm³/mol. The monoisotopic (exact) mass is 325 g/mol. The first-order valence-electron chi connectivity index (χ1n) is 8.12. The van der Waals surface area contributed by atoms with Crippen molar-refractivity contribution in [3.8, 4) is 0 Å². The molecule has 5 rings (SSSR count). The Morgan fingerprint density at radius 2 is 1.91 bits per heavy atom. The Balaban J connectivity index is 1.75. The average Bonchev–Trinajstić information content (AvgIpc) is 3.24. The van der Waals surface area contributed by atoms with Crippen LogP contribution in [0.5, 0.6) is 0 Å². The van der Waals surface area contributed by atoms with E-state index in [-0.39, 0.29) is 5.54 Å². The fourth-order valence-electron chi connectivity index (χ4n) is 4.59. The van der Waals surface area contributed by atoms with Gasteiger partial charge in [0.15, 0.2) is 0 Å². The Morgan fingerprint density at radius 3 is 2.73 bits per heavy atom. The third-order valence-electron chi connectivity index (χ3n) is 5.51. The van der Waals surface area contributed by atoms with Crippen molar-refractivity contribution in [3.63, 3.8) is 0 Å². The molecule has 1 saturated carbocycles. The van der Waals surface area contributed by atoms with Crippen molar-refractivity contribution in [1.82, 2.24) is 0 Å². The summed E-state index contributed by atoms with van der Waals surface area (Å²) < 4.78 is 1.53. The summed E-state index contributed by atoms with van der Waals surface area (Å²) in [6.45, 7) is 3.36. The number of aryl methyl sites for hydroxylation is 1. The molecule has 22 heavy (non-hydrogen) atoms. The smallest absolute Gasteiger partial charge is 0.0872 e. The number of nitrogens with zero attached hydrogens (tertiary/aromatic N) is 1. The number of fused-ring (bicyclic) bond motifs is 4. The second-order valence-corrected chi connectivity index (χ2v) is 8.91. The summed E-state index contributed by atoms with van der Waals surface area (Å²) in [6.07, 6.45) is 5.36. The Morgan fingerprint density at radius 1 is 1.09 bits per heavy atom. The minimum atomic E-state index is 0.265. The summed E-state index contributed by atoms with van der Waals surface area (Å²) in [4.78, 5) is 4.35. The highest BCUT2D eigenvalue weighted by atomic mass is 32.2. The quantitative estimate of drug-likeness (QED) is 0.525. The van der Waals surface area contributed by atoms with Crippen molar-refractivity contribution in [2.75, 3.05) is 4.90 Å². The van der Waals surface area contributed by atoms with Crippen LogP contribution in [0.15, 0.2) is 35.7 Å². The van der Waals surface area contributed by atoms with E-state index >= 15 is 0 Å². The van der Waals surface area contributed by atoms with Gasteiger partial charge in [0.05, 0.1) is 16.1 Å². The predicted octanol–water partition coefficient (Wildman–Crippen LogP) is 6.06. The van der Waals surface area contributed by atoms with Crippen LogP contribution in [0.1, 0.15) is 41.7 Å². The maximum absolute atomic E-state index is 2.73. The maximum atomic E-state index is 2.73. The summed E-state index contributed by atoms with van der Waals surface area (Å²) in [5, 5.41) is 3.81. The minimum Gasteiger partial charge on any atom is -0.356 e. The molecule has 3 heteroatoms. The zero-order chi connectivity index (χ0) is 14.7. The first-order chi connectivity index (χ1) is 10.8. The summed E-state index contributed by atoms with van der Waals surface area (Å²) in [7, 11) is 0. The molecule has 0 saturated heterocycles. The standard InChI is InChI=1S/C19H19NS2/c1-13-6-2-3-7-15(13)20-12-16-17(19(20)9-4-5-10-19)14-8-11-21-18(14)22-16/h2-3,6-8,11H,4-5,9-10,12H2,1H3.